The molecule has 1 atom stereocenters. The predicted octanol–water partition coefficient (Wildman–Crippen LogP) is 6.06. The van der Waals surface area contributed by atoms with E-state index in [4.69, 9.17) is 23.2 Å². The van der Waals surface area contributed by atoms with Crippen molar-refractivity contribution in [3.63, 3.8) is 0 Å². The van der Waals surface area contributed by atoms with Crippen LogP contribution < -0.4 is 21.6 Å². The molecule has 3 aromatic rings. The molecule has 7 nitrogen and oxygen atoms in total. The molecule has 0 bridgehead atoms. The Hall–Kier alpha value is -3.25. The fourth-order valence-corrected chi connectivity index (χ4v) is 4.41. The summed E-state index contributed by atoms with van der Waals surface area (Å²) >= 11 is 12.8. The van der Waals surface area contributed by atoms with Gasteiger partial charge in [0.2, 0.25) is 0 Å². The zero-order valence-electron chi connectivity index (χ0n) is 21.5. The summed E-state index contributed by atoms with van der Waals surface area (Å²) < 4.78 is 23.3. The maximum atomic E-state index is 13.8. The number of benzene rings is 2. The van der Waals surface area contributed by atoms with E-state index in [0.29, 0.717) is 62.6 Å². The molecular formula is C27H28Cl2FN7. The Morgan fingerprint density at radius 2 is 2.08 bits per heavy atom. The Balaban J connectivity index is 1.59. The van der Waals surface area contributed by atoms with Crippen LogP contribution in [0.2, 0.25) is 5.02 Å². The van der Waals surface area contributed by atoms with Crippen LogP contribution in [-0.2, 0) is 0 Å². The van der Waals surface area contributed by atoms with Crippen LogP contribution in [0.25, 0.3) is 10.9 Å². The van der Waals surface area contributed by atoms with E-state index in [9.17, 15) is 11.0 Å². The van der Waals surface area contributed by atoms with E-state index >= 15 is 0 Å². The average molecular weight is 541 g/mol. The first-order valence-corrected chi connectivity index (χ1v) is 12.9. The van der Waals surface area contributed by atoms with Gasteiger partial charge >= 0.3 is 0 Å². The van der Waals surface area contributed by atoms with Crippen molar-refractivity contribution in [3.8, 4) is 6.07 Å². The number of pyridine rings is 1. The summed E-state index contributed by atoms with van der Waals surface area (Å²) in [6.07, 6.45) is 5.49. The Morgan fingerprint density at radius 3 is 2.76 bits per heavy atom. The summed E-state index contributed by atoms with van der Waals surface area (Å²) in [5.41, 5.74) is 9.09. The first-order chi connectivity index (χ1) is 18.1. The summed E-state index contributed by atoms with van der Waals surface area (Å²) in [5, 5.41) is 19.4. The Labute approximate surface area is 227 Å². The maximum absolute atomic E-state index is 13.8. The van der Waals surface area contributed by atoms with Gasteiger partial charge in [-0.15, -0.1) is 17.1 Å². The quantitative estimate of drug-likeness (QED) is 0.245. The molecule has 1 saturated carbocycles. The molecule has 192 valence electrons. The van der Waals surface area contributed by atoms with Crippen LogP contribution in [0.1, 0.15) is 45.2 Å². The van der Waals surface area contributed by atoms with Crippen LogP contribution in [0.5, 0.6) is 0 Å². The van der Waals surface area contributed by atoms with Gasteiger partial charge < -0.3 is 16.1 Å². The second kappa shape index (κ2) is 10.3. The van der Waals surface area contributed by atoms with Crippen molar-refractivity contribution >= 4 is 45.5 Å². The zero-order valence-corrected chi connectivity index (χ0v) is 22.0. The third-order valence-electron chi connectivity index (χ3n) is 6.35. The lowest BCUT2D eigenvalue weighted by atomic mass is 9.96. The van der Waals surface area contributed by atoms with Crippen molar-refractivity contribution < 1.29 is 5.76 Å². The minimum Gasteiger partial charge on any atom is -0.383 e. The number of nitrogens with zero attached hydrogens (tertiary/aromatic N) is 3. The zero-order chi connectivity index (χ0) is 27.1. The van der Waals surface area contributed by atoms with E-state index in [1.165, 1.54) is 18.3 Å². The van der Waals surface area contributed by atoms with E-state index in [2.05, 4.69) is 32.6 Å². The highest BCUT2D eigenvalue weighted by Crippen LogP contribution is 2.37. The number of hydrogen-bond donors (Lipinski definition) is 4. The molecule has 0 saturated heterocycles. The van der Waals surface area contributed by atoms with Crippen LogP contribution in [0.4, 0.5) is 15.8 Å². The predicted molar refractivity (Wildman–Crippen MR) is 146 cm³/mol. The molecule has 2 heterocycles. The Kier molecular flexibility index (Phi) is 6.68. The van der Waals surface area contributed by atoms with Gasteiger partial charge in [0.15, 0.2) is 0 Å². The van der Waals surface area contributed by atoms with Crippen molar-refractivity contribution in [1.82, 2.24) is 21.0 Å². The van der Waals surface area contributed by atoms with E-state index in [1.54, 1.807) is 18.2 Å². The van der Waals surface area contributed by atoms with Crippen molar-refractivity contribution in [2.24, 2.45) is 5.41 Å². The van der Waals surface area contributed by atoms with Gasteiger partial charge in [-0.2, -0.15) is 5.26 Å². The van der Waals surface area contributed by atoms with Crippen molar-refractivity contribution in [2.45, 2.75) is 38.7 Å². The smallest absolute Gasteiger partial charge is 0.123 e. The lowest BCUT2D eigenvalue weighted by Crippen LogP contribution is -2.38. The molecule has 1 aromatic heterocycles. The minimum atomic E-state index is -1.52. The first-order valence-electron chi connectivity index (χ1n) is 12.5. The van der Waals surface area contributed by atoms with Crippen LogP contribution >= 0.6 is 23.2 Å². The molecule has 2 aliphatic rings. The normalized spacial score (nSPS) is 17.5. The number of halogens is 3. The van der Waals surface area contributed by atoms with Crippen LogP contribution in [0.3, 0.4) is 0 Å². The monoisotopic (exact) mass is 540 g/mol. The lowest BCUT2D eigenvalue weighted by molar-refractivity contribution is 0.260. The maximum Gasteiger partial charge on any atom is 0.123 e. The third-order valence-corrected chi connectivity index (χ3v) is 7.36. The van der Waals surface area contributed by atoms with Gasteiger partial charge in [-0.25, -0.2) is 4.39 Å². The summed E-state index contributed by atoms with van der Waals surface area (Å²) in [5.74, 6) is 0.0487. The van der Waals surface area contributed by atoms with Crippen LogP contribution in [0.15, 0.2) is 54.5 Å². The highest BCUT2D eigenvalue weighted by Gasteiger charge is 2.32. The van der Waals surface area contributed by atoms with Gasteiger partial charge in [0.1, 0.15) is 11.9 Å². The number of aromatic nitrogens is 1. The van der Waals surface area contributed by atoms with E-state index < -0.39 is 6.02 Å². The molecule has 1 unspecified atom stereocenters. The minimum absolute atomic E-state index is 0.219. The fourth-order valence-electron chi connectivity index (χ4n) is 4.04. The summed E-state index contributed by atoms with van der Waals surface area (Å²) in [6, 6.07) is 10.4. The number of alkyl halides is 1. The molecule has 4 N–H and O–H groups in total. The molecule has 5 rings (SSSR count). The molecule has 37 heavy (non-hydrogen) atoms. The molecular weight excluding hydrogens is 512 g/mol. The summed E-state index contributed by atoms with van der Waals surface area (Å²) in [7, 11) is 0. The summed E-state index contributed by atoms with van der Waals surface area (Å²) in [4.78, 5) is 4.42. The van der Waals surface area contributed by atoms with Gasteiger partial charge in [0.05, 0.1) is 34.9 Å². The molecule has 2 aromatic carbocycles. The highest BCUT2D eigenvalue weighted by atomic mass is 35.5. The standard InChI is InChI=1S/C27H28Cl2FN7/c1-27(2,14-28)15-33-24-17(11-31)12-32-26-21(24)9-19(10-22(26)29)34-25(16-3-5-18(30)6-4-16)23-13-37(36-35-23)20-7-8-20/h3-6,9-10,12-13,20,25,34-36H,7-8,14-15H2,1-2H3,(H,32,33)/i25D. The third kappa shape index (κ3) is 5.54. The number of anilines is 2. The largest absolute Gasteiger partial charge is 0.383 e. The second-order valence-electron chi connectivity index (χ2n) is 10.1. The number of hydrazine groups is 2. The number of nitriles is 1. The molecule has 10 heteroatoms. The number of hydrogen-bond acceptors (Lipinski definition) is 7. The van der Waals surface area contributed by atoms with E-state index in [1.807, 2.05) is 31.1 Å². The van der Waals surface area contributed by atoms with E-state index in [-0.39, 0.29) is 11.2 Å². The molecule has 1 aliphatic carbocycles. The molecule has 0 amide bonds. The fraction of sp³-hybridized carbons (Fsp3) is 0.333. The highest BCUT2D eigenvalue weighted by molar-refractivity contribution is 6.35. The van der Waals surface area contributed by atoms with E-state index in [0.717, 1.165) is 12.8 Å². The summed E-state index contributed by atoms with van der Waals surface area (Å²) in [6.45, 7) is 4.58. The molecule has 0 radical (unpaired) electrons. The second-order valence-corrected chi connectivity index (χ2v) is 10.8. The molecule has 1 fully saturated rings. The van der Waals surface area contributed by atoms with Gasteiger partial charge in [0, 0.05) is 41.9 Å². The average Bonchev–Trinajstić information content (AvgIpc) is 3.63. The number of nitrogens with one attached hydrogen (secondary N) is 4. The Morgan fingerprint density at radius 1 is 1.32 bits per heavy atom. The van der Waals surface area contributed by atoms with Crippen LogP contribution in [-0.4, -0.2) is 28.5 Å². The lowest BCUT2D eigenvalue weighted by Gasteiger charge is -2.24. The number of rotatable bonds is 9. The van der Waals surface area contributed by atoms with Gasteiger partial charge in [-0.1, -0.05) is 37.6 Å². The Bertz CT molecular complexity index is 1440. The van der Waals surface area contributed by atoms with Gasteiger partial charge in [-0.05, 0) is 48.1 Å². The van der Waals surface area contributed by atoms with Crippen molar-refractivity contribution in [2.75, 3.05) is 23.1 Å². The van der Waals surface area contributed by atoms with Gasteiger partial charge in [0.25, 0.3) is 0 Å². The topological polar surface area (TPSA) is 88.0 Å². The SMILES string of the molecule is [2H]C(Nc1cc(Cl)c2ncc(C#N)c(NCC(C)(C)CCl)c2c1)(C1=CN(C2CC2)NN1)c1ccc(F)cc1. The van der Waals surface area contributed by atoms with Crippen molar-refractivity contribution in [3.05, 3.63) is 76.5 Å². The van der Waals surface area contributed by atoms with Gasteiger partial charge in [-0.3, -0.25) is 9.99 Å². The van der Waals surface area contributed by atoms with Crippen LogP contribution in [0, 0.1) is 22.6 Å². The van der Waals surface area contributed by atoms with Crippen molar-refractivity contribution in [1.29, 1.82) is 5.26 Å². The first kappa shape index (κ1) is 24.1. The molecule has 1 aliphatic heterocycles. The number of fused-ring (bicyclic) bond motifs is 1. The molecule has 0 spiro atoms.